The highest BCUT2D eigenvalue weighted by atomic mass is 19.4. The number of nitrogens with two attached hydrogens (primary N) is 1. The van der Waals surface area contributed by atoms with Gasteiger partial charge in [0, 0.05) is 29.9 Å². The number of nitrogen functional groups attached to an aromatic ring is 1. The summed E-state index contributed by atoms with van der Waals surface area (Å²) in [5.74, 6) is -2.50. The minimum Gasteiger partial charge on any atom is -0.384 e. The Morgan fingerprint density at radius 3 is 2.03 bits per heavy atom. The lowest BCUT2D eigenvalue weighted by Gasteiger charge is -2.14. The van der Waals surface area contributed by atoms with Crippen LogP contribution >= 0.6 is 0 Å². The van der Waals surface area contributed by atoms with E-state index in [2.05, 4.69) is 30.6 Å². The molecule has 7 nitrogen and oxygen atoms in total. The fourth-order valence-corrected chi connectivity index (χ4v) is 2.47. The van der Waals surface area contributed by atoms with Gasteiger partial charge in [0.05, 0.1) is 0 Å². The molecule has 12 heteroatoms. The molecule has 0 amide bonds. The molecule has 2 heterocycles. The summed E-state index contributed by atoms with van der Waals surface area (Å²) >= 11 is 0. The molecule has 30 heavy (non-hydrogen) atoms. The van der Waals surface area contributed by atoms with Gasteiger partial charge in [-0.15, -0.1) is 0 Å². The van der Waals surface area contributed by atoms with Crippen LogP contribution in [0, 0.1) is 11.6 Å². The molecule has 4 N–H and O–H groups in total. The Morgan fingerprint density at radius 2 is 1.43 bits per heavy atom. The maximum absolute atomic E-state index is 13.5. The number of nitrogens with one attached hydrogen (secondary N) is 2. The van der Waals surface area contributed by atoms with Gasteiger partial charge >= 0.3 is 6.18 Å². The third-order valence-corrected chi connectivity index (χ3v) is 3.53. The molecule has 0 aliphatic rings. The van der Waals surface area contributed by atoms with Crippen molar-refractivity contribution < 1.29 is 22.0 Å². The van der Waals surface area contributed by atoms with E-state index in [0.717, 1.165) is 12.1 Å². The predicted molar refractivity (Wildman–Crippen MR) is 101 cm³/mol. The van der Waals surface area contributed by atoms with E-state index in [4.69, 9.17) is 5.73 Å². The fourth-order valence-electron chi connectivity index (χ4n) is 2.47. The smallest absolute Gasteiger partial charge is 0.384 e. The molecule has 0 saturated carbocycles. The van der Waals surface area contributed by atoms with Crippen molar-refractivity contribution in [2.75, 3.05) is 16.4 Å². The molecule has 0 aliphatic heterocycles. The molecule has 0 atom stereocenters. The average molecular weight is 425 g/mol. The first-order chi connectivity index (χ1) is 14.0. The van der Waals surface area contributed by atoms with E-state index in [1.54, 1.807) is 0 Å². The van der Waals surface area contributed by atoms with Crippen molar-refractivity contribution in [3.63, 3.8) is 0 Å². The van der Waals surface area contributed by atoms with Crippen LogP contribution in [0.25, 0.3) is 11.6 Å². The van der Waals surface area contributed by atoms with Crippen LogP contribution in [-0.2, 0) is 6.18 Å². The first-order valence-corrected chi connectivity index (χ1v) is 8.60. The highest BCUT2D eigenvalue weighted by Gasteiger charge is 2.34. The molecule has 0 aliphatic carbocycles. The second kappa shape index (κ2) is 8.05. The van der Waals surface area contributed by atoms with Gasteiger partial charge in [0.1, 0.15) is 29.1 Å². The van der Waals surface area contributed by atoms with Gasteiger partial charge in [-0.25, -0.2) is 28.7 Å². The molecule has 3 rings (SSSR count). The summed E-state index contributed by atoms with van der Waals surface area (Å²) < 4.78 is 66.1. The summed E-state index contributed by atoms with van der Waals surface area (Å²) in [5.41, 5.74) is 4.27. The predicted octanol–water partition coefficient (Wildman–Crippen LogP) is 4.38. The van der Waals surface area contributed by atoms with Crippen molar-refractivity contribution in [3.8, 4) is 11.6 Å². The molecule has 0 saturated heterocycles. The lowest BCUT2D eigenvalue weighted by Crippen LogP contribution is -2.14. The number of alkyl halides is 3. The summed E-state index contributed by atoms with van der Waals surface area (Å²) in [7, 11) is 0. The molecule has 0 radical (unpaired) electrons. The van der Waals surface area contributed by atoms with Gasteiger partial charge in [-0.2, -0.15) is 13.2 Å². The van der Waals surface area contributed by atoms with Gasteiger partial charge in [-0.1, -0.05) is 0 Å². The summed E-state index contributed by atoms with van der Waals surface area (Å²) in [6.07, 6.45) is -4.75. The molecule has 2 aromatic heterocycles. The quantitative estimate of drug-likeness (QED) is 0.522. The number of anilines is 4. The normalized spacial score (nSPS) is 11.6. The molecule has 1 aromatic carbocycles. The van der Waals surface area contributed by atoms with Crippen molar-refractivity contribution in [1.82, 2.24) is 19.9 Å². The maximum Gasteiger partial charge on any atom is 0.433 e. The number of rotatable bonds is 5. The summed E-state index contributed by atoms with van der Waals surface area (Å²) in [4.78, 5) is 15.4. The number of nitrogens with zero attached hydrogens (tertiary/aromatic N) is 4. The zero-order chi connectivity index (χ0) is 22.1. The molecular weight excluding hydrogens is 409 g/mol. The summed E-state index contributed by atoms with van der Waals surface area (Å²) in [5, 5.41) is 5.66. The van der Waals surface area contributed by atoms with Crippen LogP contribution in [-0.4, -0.2) is 26.0 Å². The van der Waals surface area contributed by atoms with Crippen LogP contribution in [0.5, 0.6) is 0 Å². The lowest BCUT2D eigenvalue weighted by molar-refractivity contribution is -0.141. The number of benzene rings is 1. The first kappa shape index (κ1) is 21.1. The maximum atomic E-state index is 13.5. The van der Waals surface area contributed by atoms with Crippen LogP contribution in [0.15, 0.2) is 30.3 Å². The third kappa shape index (κ3) is 5.27. The zero-order valence-electron chi connectivity index (χ0n) is 15.7. The van der Waals surface area contributed by atoms with E-state index < -0.39 is 35.1 Å². The molecule has 0 unspecified atom stereocenters. The van der Waals surface area contributed by atoms with E-state index in [9.17, 15) is 22.0 Å². The van der Waals surface area contributed by atoms with Gasteiger partial charge < -0.3 is 16.4 Å². The topological polar surface area (TPSA) is 102 Å². The molecule has 0 fully saturated rings. The Balaban J connectivity index is 2.08. The molecule has 0 bridgehead atoms. The van der Waals surface area contributed by atoms with Crippen LogP contribution in [0.4, 0.5) is 45.1 Å². The number of halogens is 5. The Hall–Kier alpha value is -3.57. The molecule has 3 aromatic rings. The Bertz CT molecular complexity index is 1050. The Morgan fingerprint density at radius 1 is 0.833 bits per heavy atom. The zero-order valence-corrected chi connectivity index (χ0v) is 15.7. The minimum atomic E-state index is -4.75. The number of hydrogen-bond donors (Lipinski definition) is 3. The Labute approximate surface area is 167 Å². The van der Waals surface area contributed by atoms with Crippen LogP contribution in [0.3, 0.4) is 0 Å². The summed E-state index contributed by atoms with van der Waals surface area (Å²) in [6.45, 7) is 3.63. The molecular formula is C18H16F5N7. The summed E-state index contributed by atoms with van der Waals surface area (Å²) in [6, 6.07) is 4.68. The lowest BCUT2D eigenvalue weighted by atomic mass is 10.3. The van der Waals surface area contributed by atoms with Gasteiger partial charge in [0.15, 0.2) is 11.5 Å². The standard InChI is InChI=1S/C18H16F5N7/c1-8(2)25-14-7-15(26-11-4-9(19)3-10(20)5-11)30-17(29-14)16-27-12(18(21,22)23)6-13(24)28-16/h3-8H,1-2H3,(H2,24,27,28)(H2,25,26,29,30). The van der Waals surface area contributed by atoms with Crippen LogP contribution in [0.2, 0.25) is 0 Å². The van der Waals surface area contributed by atoms with Crippen molar-refractivity contribution in [1.29, 1.82) is 0 Å². The van der Waals surface area contributed by atoms with Crippen molar-refractivity contribution in [3.05, 3.63) is 47.7 Å². The minimum absolute atomic E-state index is 0.0390. The molecule has 0 spiro atoms. The number of aromatic nitrogens is 4. The van der Waals surface area contributed by atoms with E-state index in [0.29, 0.717) is 12.1 Å². The third-order valence-electron chi connectivity index (χ3n) is 3.53. The Kier molecular flexibility index (Phi) is 5.67. The largest absolute Gasteiger partial charge is 0.433 e. The van der Waals surface area contributed by atoms with E-state index >= 15 is 0 Å². The second-order valence-electron chi connectivity index (χ2n) is 6.54. The van der Waals surface area contributed by atoms with Gasteiger partial charge in [0.25, 0.3) is 0 Å². The number of hydrogen-bond acceptors (Lipinski definition) is 7. The van der Waals surface area contributed by atoms with Gasteiger partial charge in [-0.05, 0) is 26.0 Å². The first-order valence-electron chi connectivity index (χ1n) is 8.60. The second-order valence-corrected chi connectivity index (χ2v) is 6.54. The fraction of sp³-hybridized carbons (Fsp3) is 0.222. The SMILES string of the molecule is CC(C)Nc1cc(Nc2cc(F)cc(F)c2)nc(-c2nc(N)cc(C(F)(F)F)n2)n1. The average Bonchev–Trinajstić information content (AvgIpc) is 2.58. The molecule has 158 valence electrons. The van der Waals surface area contributed by atoms with Crippen molar-refractivity contribution in [2.24, 2.45) is 0 Å². The van der Waals surface area contributed by atoms with E-state index in [-0.39, 0.29) is 29.2 Å². The van der Waals surface area contributed by atoms with Gasteiger partial charge in [0.2, 0.25) is 5.82 Å². The van der Waals surface area contributed by atoms with E-state index in [1.165, 1.54) is 6.07 Å². The van der Waals surface area contributed by atoms with Crippen LogP contribution in [0.1, 0.15) is 19.5 Å². The van der Waals surface area contributed by atoms with E-state index in [1.807, 2.05) is 13.8 Å². The van der Waals surface area contributed by atoms with Gasteiger partial charge in [-0.3, -0.25) is 0 Å². The van der Waals surface area contributed by atoms with Crippen molar-refractivity contribution in [2.45, 2.75) is 26.1 Å². The van der Waals surface area contributed by atoms with Crippen LogP contribution < -0.4 is 16.4 Å². The highest BCUT2D eigenvalue weighted by Crippen LogP contribution is 2.30. The highest BCUT2D eigenvalue weighted by molar-refractivity contribution is 5.63. The monoisotopic (exact) mass is 425 g/mol. The van der Waals surface area contributed by atoms with Crippen molar-refractivity contribution >= 4 is 23.1 Å².